The minimum atomic E-state index is -0.318. The first kappa shape index (κ1) is 23.2. The number of hydrogen-bond donors (Lipinski definition) is 1. The molecule has 0 spiro atoms. The summed E-state index contributed by atoms with van der Waals surface area (Å²) in [7, 11) is 1.73. The van der Waals surface area contributed by atoms with Crippen LogP contribution in [0, 0.1) is 6.92 Å². The highest BCUT2D eigenvalue weighted by atomic mass is 16.2. The van der Waals surface area contributed by atoms with E-state index in [0.717, 1.165) is 50.0 Å². The van der Waals surface area contributed by atoms with Crippen LogP contribution in [0.5, 0.6) is 0 Å². The van der Waals surface area contributed by atoms with E-state index in [0.29, 0.717) is 0 Å². The lowest BCUT2D eigenvalue weighted by Gasteiger charge is -2.41. The van der Waals surface area contributed by atoms with E-state index in [9.17, 15) is 4.79 Å². The lowest BCUT2D eigenvalue weighted by molar-refractivity contribution is -0.127. The molecule has 5 nitrogen and oxygen atoms in total. The van der Waals surface area contributed by atoms with Crippen molar-refractivity contribution in [3.63, 3.8) is 0 Å². The Balaban J connectivity index is 1.72. The molecule has 2 heterocycles. The Labute approximate surface area is 197 Å². The van der Waals surface area contributed by atoms with E-state index in [-0.39, 0.29) is 18.0 Å². The second kappa shape index (κ2) is 10.3. The molecule has 1 aliphatic rings. The smallest absolute Gasteiger partial charge is 0.241 e. The van der Waals surface area contributed by atoms with Crippen molar-refractivity contribution < 1.29 is 4.79 Å². The van der Waals surface area contributed by atoms with E-state index in [2.05, 4.69) is 72.1 Å². The van der Waals surface area contributed by atoms with E-state index in [1.807, 2.05) is 18.2 Å². The minimum absolute atomic E-state index is 0.0440. The van der Waals surface area contributed by atoms with Crippen LogP contribution in [-0.4, -0.2) is 34.2 Å². The SMILES string of the molecule is CCc1ccc(CCC2c3c(C)nn(CC)c3CCN2C(C(=O)NC)c2ccccc2)cc1. The second-order valence-corrected chi connectivity index (χ2v) is 8.90. The molecule has 2 aromatic carbocycles. The van der Waals surface area contributed by atoms with Gasteiger partial charge < -0.3 is 5.32 Å². The van der Waals surface area contributed by atoms with Crippen LogP contribution in [-0.2, 0) is 30.6 Å². The van der Waals surface area contributed by atoms with Crippen LogP contribution < -0.4 is 5.32 Å². The number of hydrogen-bond acceptors (Lipinski definition) is 3. The Morgan fingerprint density at radius 2 is 1.79 bits per heavy atom. The number of amides is 1. The van der Waals surface area contributed by atoms with Crippen molar-refractivity contribution in [2.75, 3.05) is 13.6 Å². The van der Waals surface area contributed by atoms with Gasteiger partial charge in [0, 0.05) is 43.9 Å². The molecule has 0 aliphatic carbocycles. The van der Waals surface area contributed by atoms with Gasteiger partial charge in [-0.25, -0.2) is 0 Å². The molecule has 0 fully saturated rings. The Bertz CT molecular complexity index is 1070. The van der Waals surface area contributed by atoms with Gasteiger partial charge in [0.25, 0.3) is 0 Å². The Kier molecular flexibility index (Phi) is 7.29. The summed E-state index contributed by atoms with van der Waals surface area (Å²) in [6.07, 6.45) is 3.89. The Morgan fingerprint density at radius 1 is 1.09 bits per heavy atom. The first-order valence-corrected chi connectivity index (χ1v) is 12.2. The van der Waals surface area contributed by atoms with Crippen molar-refractivity contribution in [1.29, 1.82) is 0 Å². The summed E-state index contributed by atoms with van der Waals surface area (Å²) >= 11 is 0. The van der Waals surface area contributed by atoms with Gasteiger partial charge in [-0.05, 0) is 49.8 Å². The lowest BCUT2D eigenvalue weighted by Crippen LogP contribution is -2.45. The fraction of sp³-hybridized carbons (Fsp3) is 0.429. The van der Waals surface area contributed by atoms with Crippen molar-refractivity contribution in [2.45, 2.75) is 65.1 Å². The van der Waals surface area contributed by atoms with Crippen molar-refractivity contribution in [1.82, 2.24) is 20.0 Å². The number of rotatable bonds is 8. The van der Waals surface area contributed by atoms with Crippen molar-refractivity contribution >= 4 is 5.91 Å². The lowest BCUT2D eigenvalue weighted by atomic mass is 9.88. The molecular weight excluding hydrogens is 408 g/mol. The van der Waals surface area contributed by atoms with Crippen molar-refractivity contribution in [2.24, 2.45) is 0 Å². The number of carbonyl (C=O) groups is 1. The summed E-state index contributed by atoms with van der Waals surface area (Å²) in [6.45, 7) is 8.17. The number of likely N-dealkylation sites (N-methyl/N-ethyl adjacent to an activating group) is 1. The molecule has 0 bridgehead atoms. The number of fused-ring (bicyclic) bond motifs is 1. The molecule has 5 heteroatoms. The molecule has 1 aliphatic heterocycles. The molecule has 0 saturated carbocycles. The molecule has 1 N–H and O–H groups in total. The van der Waals surface area contributed by atoms with Gasteiger partial charge in [-0.3, -0.25) is 14.4 Å². The molecule has 4 rings (SSSR count). The quantitative estimate of drug-likeness (QED) is 0.543. The van der Waals surface area contributed by atoms with Gasteiger partial charge in [0.1, 0.15) is 6.04 Å². The first-order valence-electron chi connectivity index (χ1n) is 12.2. The maximum atomic E-state index is 13.2. The van der Waals surface area contributed by atoms with E-state index < -0.39 is 0 Å². The summed E-state index contributed by atoms with van der Waals surface area (Å²) in [5, 5.41) is 7.78. The van der Waals surface area contributed by atoms with Crippen LogP contribution in [0.25, 0.3) is 0 Å². The van der Waals surface area contributed by atoms with Gasteiger partial charge in [-0.1, -0.05) is 61.5 Å². The maximum absolute atomic E-state index is 13.2. The van der Waals surface area contributed by atoms with E-state index in [1.165, 1.54) is 22.4 Å². The first-order chi connectivity index (χ1) is 16.1. The Hall–Kier alpha value is -2.92. The molecule has 33 heavy (non-hydrogen) atoms. The van der Waals surface area contributed by atoms with E-state index in [4.69, 9.17) is 5.10 Å². The normalized spacial score (nSPS) is 16.9. The molecular formula is C28H36N4O. The predicted octanol–water partition coefficient (Wildman–Crippen LogP) is 4.79. The fourth-order valence-corrected chi connectivity index (χ4v) is 5.29. The summed E-state index contributed by atoms with van der Waals surface area (Å²) in [6, 6.07) is 19.0. The highest BCUT2D eigenvalue weighted by Crippen LogP contribution is 2.40. The standard InChI is InChI=1S/C28H36N4O/c1-5-21-12-14-22(15-13-21)16-17-24-26-20(3)30-32(6-2)25(26)18-19-31(24)27(28(33)29-4)23-10-8-7-9-11-23/h7-15,24,27H,5-6,16-19H2,1-4H3,(H,29,33). The van der Waals surface area contributed by atoms with Crippen LogP contribution in [0.15, 0.2) is 54.6 Å². The summed E-state index contributed by atoms with van der Waals surface area (Å²) in [5.41, 5.74) is 7.49. The van der Waals surface area contributed by atoms with Crippen LogP contribution in [0.3, 0.4) is 0 Å². The third-order valence-corrected chi connectivity index (χ3v) is 7.00. The topological polar surface area (TPSA) is 50.2 Å². The van der Waals surface area contributed by atoms with Crippen LogP contribution in [0.2, 0.25) is 0 Å². The van der Waals surface area contributed by atoms with Crippen LogP contribution in [0.4, 0.5) is 0 Å². The van der Waals surface area contributed by atoms with Gasteiger partial charge in [-0.15, -0.1) is 0 Å². The number of nitrogens with zero attached hydrogens (tertiary/aromatic N) is 3. The maximum Gasteiger partial charge on any atom is 0.241 e. The number of carbonyl (C=O) groups excluding carboxylic acids is 1. The van der Waals surface area contributed by atoms with Crippen molar-refractivity contribution in [3.05, 3.63) is 88.2 Å². The zero-order chi connectivity index (χ0) is 23.4. The molecule has 0 radical (unpaired) electrons. The number of aryl methyl sites for hydroxylation is 4. The predicted molar refractivity (Wildman–Crippen MR) is 133 cm³/mol. The van der Waals surface area contributed by atoms with Gasteiger partial charge in [0.15, 0.2) is 0 Å². The largest absolute Gasteiger partial charge is 0.358 e. The van der Waals surface area contributed by atoms with Crippen molar-refractivity contribution in [3.8, 4) is 0 Å². The molecule has 2 unspecified atom stereocenters. The third kappa shape index (κ3) is 4.74. The monoisotopic (exact) mass is 444 g/mol. The highest BCUT2D eigenvalue weighted by molar-refractivity contribution is 5.83. The average Bonchev–Trinajstić information content (AvgIpc) is 3.20. The summed E-state index contributed by atoms with van der Waals surface area (Å²) in [5.74, 6) is 0.0440. The van der Waals surface area contributed by atoms with Crippen LogP contribution in [0.1, 0.15) is 66.0 Å². The molecule has 3 aromatic rings. The molecule has 1 amide bonds. The highest BCUT2D eigenvalue weighted by Gasteiger charge is 2.38. The number of aromatic nitrogens is 2. The number of benzene rings is 2. The summed E-state index contributed by atoms with van der Waals surface area (Å²) < 4.78 is 2.16. The van der Waals surface area contributed by atoms with Gasteiger partial charge in [0.05, 0.1) is 5.69 Å². The van der Waals surface area contributed by atoms with Gasteiger partial charge in [-0.2, -0.15) is 5.10 Å². The molecule has 1 aromatic heterocycles. The van der Waals surface area contributed by atoms with Gasteiger partial charge in [0.2, 0.25) is 5.91 Å². The molecule has 2 atom stereocenters. The molecule has 174 valence electrons. The number of nitrogens with one attached hydrogen (secondary N) is 1. The fourth-order valence-electron chi connectivity index (χ4n) is 5.29. The van der Waals surface area contributed by atoms with E-state index in [1.54, 1.807) is 7.05 Å². The van der Waals surface area contributed by atoms with Gasteiger partial charge >= 0.3 is 0 Å². The zero-order valence-corrected chi connectivity index (χ0v) is 20.3. The third-order valence-electron chi connectivity index (χ3n) is 7.00. The zero-order valence-electron chi connectivity index (χ0n) is 20.3. The Morgan fingerprint density at radius 3 is 2.42 bits per heavy atom. The second-order valence-electron chi connectivity index (χ2n) is 8.90. The average molecular weight is 445 g/mol. The van der Waals surface area contributed by atoms with E-state index >= 15 is 0 Å². The van der Waals surface area contributed by atoms with Crippen LogP contribution >= 0.6 is 0 Å². The molecule has 0 saturated heterocycles. The minimum Gasteiger partial charge on any atom is -0.358 e. The summed E-state index contributed by atoms with van der Waals surface area (Å²) in [4.78, 5) is 15.6.